The minimum Gasteiger partial charge on any atom is -0.466 e. The van der Waals surface area contributed by atoms with Gasteiger partial charge < -0.3 is 9.30 Å². The molecule has 1 aliphatic rings. The standard InChI is InChI=1S/C18H38N2O2Si/c1-8-22-18(21)10-13-19-11-9-12-20(14-19)23(15(2)3,16(4)5)17(6)7/h15-17H,8-14H2,1-7H3. The Hall–Kier alpha value is -0.393. The minimum atomic E-state index is -1.56. The zero-order valence-corrected chi connectivity index (χ0v) is 17.4. The third-order valence-electron chi connectivity index (χ3n) is 5.53. The molecule has 0 bridgehead atoms. The summed E-state index contributed by atoms with van der Waals surface area (Å²) in [4.78, 5) is 14.1. The summed E-state index contributed by atoms with van der Waals surface area (Å²) in [5, 5.41) is 0. The normalized spacial score (nSPS) is 18.2. The first kappa shape index (κ1) is 20.7. The molecule has 5 heteroatoms. The molecule has 0 aliphatic carbocycles. The first-order valence-electron chi connectivity index (χ1n) is 9.39. The van der Waals surface area contributed by atoms with Crippen molar-refractivity contribution in [2.45, 2.75) is 77.9 Å². The third kappa shape index (κ3) is 4.80. The lowest BCUT2D eigenvalue weighted by Gasteiger charge is -2.54. The second kappa shape index (κ2) is 9.18. The fourth-order valence-electron chi connectivity index (χ4n) is 4.94. The highest BCUT2D eigenvalue weighted by molar-refractivity contribution is 6.80. The van der Waals surface area contributed by atoms with Crippen LogP contribution in [0.1, 0.15) is 61.3 Å². The van der Waals surface area contributed by atoms with Crippen molar-refractivity contribution < 1.29 is 9.53 Å². The zero-order valence-electron chi connectivity index (χ0n) is 16.4. The molecule has 0 aromatic heterocycles. The van der Waals surface area contributed by atoms with Crippen LogP contribution >= 0.6 is 0 Å². The van der Waals surface area contributed by atoms with Gasteiger partial charge in [-0.2, -0.15) is 0 Å². The van der Waals surface area contributed by atoms with Gasteiger partial charge in [0, 0.05) is 19.8 Å². The molecule has 0 radical (unpaired) electrons. The predicted octanol–water partition coefficient (Wildman–Crippen LogP) is 4.08. The summed E-state index contributed by atoms with van der Waals surface area (Å²) in [6.07, 6.45) is 1.73. The maximum atomic E-state index is 11.6. The van der Waals surface area contributed by atoms with Crippen LogP contribution < -0.4 is 0 Å². The lowest BCUT2D eigenvalue weighted by Crippen LogP contribution is -2.64. The molecule has 1 saturated heterocycles. The van der Waals surface area contributed by atoms with Crippen molar-refractivity contribution in [1.29, 1.82) is 0 Å². The highest BCUT2D eigenvalue weighted by Crippen LogP contribution is 2.44. The lowest BCUT2D eigenvalue weighted by molar-refractivity contribution is -0.143. The quantitative estimate of drug-likeness (QED) is 0.491. The Balaban J connectivity index is 2.79. The second-order valence-electron chi connectivity index (χ2n) is 7.78. The summed E-state index contributed by atoms with van der Waals surface area (Å²) in [6, 6.07) is 0. The van der Waals surface area contributed by atoms with Gasteiger partial charge in [0.25, 0.3) is 0 Å². The van der Waals surface area contributed by atoms with Gasteiger partial charge in [0.05, 0.1) is 13.0 Å². The maximum Gasteiger partial charge on any atom is 0.307 e. The van der Waals surface area contributed by atoms with Gasteiger partial charge in [-0.05, 0) is 36.5 Å². The van der Waals surface area contributed by atoms with Crippen molar-refractivity contribution in [2.24, 2.45) is 0 Å². The van der Waals surface area contributed by atoms with E-state index in [0.717, 1.165) is 36.4 Å². The van der Waals surface area contributed by atoms with Crippen LogP contribution in [-0.2, 0) is 9.53 Å². The third-order valence-corrected chi connectivity index (χ3v) is 12.5. The molecule has 1 heterocycles. The Morgan fingerprint density at radius 3 is 2.09 bits per heavy atom. The SMILES string of the molecule is CCOC(=O)CCN1CCCN([Si](C(C)C)(C(C)C)C(C)C)C1. The van der Waals surface area contributed by atoms with E-state index in [0.29, 0.717) is 13.0 Å². The van der Waals surface area contributed by atoms with Crippen LogP contribution in [0, 0.1) is 0 Å². The number of esters is 1. The minimum absolute atomic E-state index is 0.0651. The number of carbonyl (C=O) groups excluding carboxylic acids is 1. The molecule has 1 aliphatic heterocycles. The smallest absolute Gasteiger partial charge is 0.307 e. The van der Waals surface area contributed by atoms with Crippen molar-refractivity contribution in [3.05, 3.63) is 0 Å². The van der Waals surface area contributed by atoms with Gasteiger partial charge in [-0.25, -0.2) is 0 Å². The molecule has 136 valence electrons. The van der Waals surface area contributed by atoms with Crippen LogP contribution in [0.25, 0.3) is 0 Å². The van der Waals surface area contributed by atoms with Gasteiger partial charge in [0.2, 0.25) is 0 Å². The molecule has 0 spiro atoms. The maximum absolute atomic E-state index is 11.6. The molecule has 1 fully saturated rings. The predicted molar refractivity (Wildman–Crippen MR) is 100 cm³/mol. The molecule has 0 amide bonds. The van der Waals surface area contributed by atoms with Gasteiger partial charge in [-0.1, -0.05) is 41.5 Å². The summed E-state index contributed by atoms with van der Waals surface area (Å²) < 4.78 is 7.89. The molecule has 0 atom stereocenters. The number of hydrogen-bond acceptors (Lipinski definition) is 4. The largest absolute Gasteiger partial charge is 0.466 e. The van der Waals surface area contributed by atoms with Crippen LogP contribution in [0.5, 0.6) is 0 Å². The summed E-state index contributed by atoms with van der Waals surface area (Å²) in [5.41, 5.74) is 2.23. The molecular weight excluding hydrogens is 304 g/mol. The van der Waals surface area contributed by atoms with E-state index >= 15 is 0 Å². The second-order valence-corrected chi connectivity index (χ2v) is 13.7. The van der Waals surface area contributed by atoms with Gasteiger partial charge in [0.15, 0.2) is 0 Å². The van der Waals surface area contributed by atoms with Crippen LogP contribution in [0.2, 0.25) is 16.6 Å². The molecule has 4 nitrogen and oxygen atoms in total. The van der Waals surface area contributed by atoms with Gasteiger partial charge in [-0.3, -0.25) is 9.69 Å². The van der Waals surface area contributed by atoms with E-state index in [2.05, 4.69) is 51.0 Å². The van der Waals surface area contributed by atoms with Crippen LogP contribution in [0.4, 0.5) is 0 Å². The van der Waals surface area contributed by atoms with E-state index in [1.807, 2.05) is 6.92 Å². The number of nitrogens with zero attached hydrogens (tertiary/aromatic N) is 2. The Labute approximate surface area is 144 Å². The Kier molecular flexibility index (Phi) is 8.25. The van der Waals surface area contributed by atoms with Crippen molar-refractivity contribution in [3.63, 3.8) is 0 Å². The van der Waals surface area contributed by atoms with E-state index < -0.39 is 8.24 Å². The average molecular weight is 343 g/mol. The summed E-state index contributed by atoms with van der Waals surface area (Å²) in [5.74, 6) is -0.0651. The molecule has 1 rings (SSSR count). The van der Waals surface area contributed by atoms with Crippen LogP contribution in [0.15, 0.2) is 0 Å². The average Bonchev–Trinajstić information content (AvgIpc) is 2.45. The fourth-order valence-corrected chi connectivity index (χ4v) is 12.1. The van der Waals surface area contributed by atoms with E-state index in [-0.39, 0.29) is 5.97 Å². The van der Waals surface area contributed by atoms with Gasteiger partial charge in [0.1, 0.15) is 8.24 Å². The first-order chi connectivity index (χ1) is 10.8. The summed E-state index contributed by atoms with van der Waals surface area (Å²) in [6.45, 7) is 21.1. The lowest BCUT2D eigenvalue weighted by atomic mass is 10.3. The Morgan fingerprint density at radius 1 is 1.04 bits per heavy atom. The van der Waals surface area contributed by atoms with Gasteiger partial charge in [-0.15, -0.1) is 0 Å². The van der Waals surface area contributed by atoms with E-state index in [1.54, 1.807) is 0 Å². The van der Waals surface area contributed by atoms with Crippen molar-refractivity contribution >= 4 is 14.2 Å². The Bertz CT molecular complexity index is 350. The summed E-state index contributed by atoms with van der Waals surface area (Å²) in [7, 11) is -1.56. The number of carbonyl (C=O) groups is 1. The highest BCUT2D eigenvalue weighted by atomic mass is 28.3. The van der Waals surface area contributed by atoms with Crippen LogP contribution in [0.3, 0.4) is 0 Å². The highest BCUT2D eigenvalue weighted by Gasteiger charge is 2.48. The number of rotatable bonds is 8. The molecular formula is C18H38N2O2Si. The Morgan fingerprint density at radius 2 is 1.61 bits per heavy atom. The van der Waals surface area contributed by atoms with Crippen molar-refractivity contribution in [1.82, 2.24) is 9.47 Å². The molecule has 0 unspecified atom stereocenters. The number of hydrogen-bond donors (Lipinski definition) is 0. The topological polar surface area (TPSA) is 32.8 Å². The molecule has 0 aromatic rings. The molecule has 0 N–H and O–H groups in total. The first-order valence-corrected chi connectivity index (χ1v) is 11.6. The monoisotopic (exact) mass is 342 g/mol. The fraction of sp³-hybridized carbons (Fsp3) is 0.944. The molecule has 0 aromatic carbocycles. The van der Waals surface area contributed by atoms with Crippen molar-refractivity contribution in [2.75, 3.05) is 32.9 Å². The molecule has 23 heavy (non-hydrogen) atoms. The summed E-state index contributed by atoms with van der Waals surface area (Å²) >= 11 is 0. The van der Waals surface area contributed by atoms with Crippen molar-refractivity contribution in [3.8, 4) is 0 Å². The van der Waals surface area contributed by atoms with Gasteiger partial charge >= 0.3 is 5.97 Å². The zero-order chi connectivity index (χ0) is 17.6. The van der Waals surface area contributed by atoms with E-state index in [1.165, 1.54) is 13.0 Å². The number of ether oxygens (including phenoxy) is 1. The van der Waals surface area contributed by atoms with E-state index in [4.69, 9.17) is 4.74 Å². The van der Waals surface area contributed by atoms with E-state index in [9.17, 15) is 4.79 Å². The van der Waals surface area contributed by atoms with Crippen LogP contribution in [-0.4, -0.2) is 56.6 Å². The molecule has 0 saturated carbocycles.